The van der Waals surface area contributed by atoms with Crippen molar-refractivity contribution in [2.75, 3.05) is 6.54 Å². The van der Waals surface area contributed by atoms with Crippen molar-refractivity contribution >= 4 is 17.2 Å². The number of aromatic nitrogens is 1. The van der Waals surface area contributed by atoms with Gasteiger partial charge in [0.15, 0.2) is 0 Å². The quantitative estimate of drug-likeness (QED) is 0.910. The van der Waals surface area contributed by atoms with E-state index in [9.17, 15) is 4.79 Å². The van der Waals surface area contributed by atoms with Crippen LogP contribution in [0.2, 0.25) is 0 Å². The highest BCUT2D eigenvalue weighted by molar-refractivity contribution is 7.10. The van der Waals surface area contributed by atoms with Gasteiger partial charge in [-0.15, -0.1) is 11.3 Å². The second-order valence-corrected chi connectivity index (χ2v) is 5.15. The highest BCUT2D eigenvalue weighted by Gasteiger charge is 2.22. The van der Waals surface area contributed by atoms with Crippen LogP contribution in [0.5, 0.6) is 0 Å². The topological polar surface area (TPSA) is 59.2 Å². The molecule has 0 radical (unpaired) electrons. The molecule has 1 atom stereocenters. The van der Waals surface area contributed by atoms with Crippen molar-refractivity contribution in [1.82, 2.24) is 9.88 Å². The normalized spacial score (nSPS) is 12.1. The number of hydrogen-bond donors (Lipinski definition) is 1. The fourth-order valence-corrected chi connectivity index (χ4v) is 2.54. The molecule has 2 aromatic heterocycles. The first-order valence-corrected chi connectivity index (χ1v) is 7.08. The lowest BCUT2D eigenvalue weighted by Gasteiger charge is -2.23. The number of nitrogens with zero attached hydrogens (tertiary/aromatic N) is 2. The number of rotatable bonds is 5. The smallest absolute Gasteiger partial charge is 0.245 e. The summed E-state index contributed by atoms with van der Waals surface area (Å²) in [6.07, 6.45) is 1.73. The first-order chi connectivity index (χ1) is 9.22. The van der Waals surface area contributed by atoms with Gasteiger partial charge in [0.05, 0.1) is 12.2 Å². The summed E-state index contributed by atoms with van der Waals surface area (Å²) in [6.45, 7) is 3.06. The van der Waals surface area contributed by atoms with Gasteiger partial charge < -0.3 is 10.6 Å². The molecule has 0 fully saturated rings. The van der Waals surface area contributed by atoms with Crippen molar-refractivity contribution < 1.29 is 4.79 Å². The van der Waals surface area contributed by atoms with E-state index in [4.69, 9.17) is 5.73 Å². The van der Waals surface area contributed by atoms with E-state index < -0.39 is 6.04 Å². The molecular formula is C14H17N3OS. The Hall–Kier alpha value is -1.72. The van der Waals surface area contributed by atoms with Gasteiger partial charge in [-0.05, 0) is 30.5 Å². The van der Waals surface area contributed by atoms with Crippen LogP contribution in [-0.2, 0) is 11.3 Å². The summed E-state index contributed by atoms with van der Waals surface area (Å²) in [5, 5.41) is 1.93. The van der Waals surface area contributed by atoms with Crippen molar-refractivity contribution in [3.05, 3.63) is 52.5 Å². The SMILES string of the molecule is CCN(Cc1ccccn1)C(=O)C(N)c1cccs1. The lowest BCUT2D eigenvalue weighted by Crippen LogP contribution is -2.37. The first kappa shape index (κ1) is 13.7. The molecule has 0 aliphatic carbocycles. The Kier molecular flexibility index (Phi) is 4.65. The Bertz CT molecular complexity index is 513. The van der Waals surface area contributed by atoms with Gasteiger partial charge in [0, 0.05) is 17.6 Å². The molecule has 19 heavy (non-hydrogen) atoms. The highest BCUT2D eigenvalue weighted by Crippen LogP contribution is 2.19. The number of hydrogen-bond acceptors (Lipinski definition) is 4. The van der Waals surface area contributed by atoms with E-state index in [1.54, 1.807) is 11.1 Å². The summed E-state index contributed by atoms with van der Waals surface area (Å²) >= 11 is 1.51. The Balaban J connectivity index is 2.07. The van der Waals surface area contributed by atoms with Crippen LogP contribution in [0.15, 0.2) is 41.9 Å². The van der Waals surface area contributed by atoms with Gasteiger partial charge in [0.1, 0.15) is 6.04 Å². The molecule has 0 aliphatic rings. The zero-order chi connectivity index (χ0) is 13.7. The van der Waals surface area contributed by atoms with Crippen LogP contribution in [0, 0.1) is 0 Å². The van der Waals surface area contributed by atoms with Gasteiger partial charge in [-0.2, -0.15) is 0 Å². The maximum absolute atomic E-state index is 12.4. The fourth-order valence-electron chi connectivity index (χ4n) is 1.82. The van der Waals surface area contributed by atoms with Crippen LogP contribution >= 0.6 is 11.3 Å². The molecule has 2 rings (SSSR count). The highest BCUT2D eigenvalue weighted by atomic mass is 32.1. The van der Waals surface area contributed by atoms with Gasteiger partial charge in [0.2, 0.25) is 5.91 Å². The molecule has 2 heterocycles. The maximum atomic E-state index is 12.4. The van der Waals surface area contributed by atoms with Crippen LogP contribution in [0.1, 0.15) is 23.5 Å². The van der Waals surface area contributed by atoms with Gasteiger partial charge in [0.25, 0.3) is 0 Å². The summed E-state index contributed by atoms with van der Waals surface area (Å²) in [5.41, 5.74) is 6.88. The van der Waals surface area contributed by atoms with Gasteiger partial charge in [-0.1, -0.05) is 12.1 Å². The molecule has 2 aromatic rings. The standard InChI is InChI=1S/C14H17N3OS/c1-2-17(10-11-6-3-4-8-16-11)14(18)13(15)12-7-5-9-19-12/h3-9,13H,2,10,15H2,1H3. The Morgan fingerprint density at radius 1 is 1.42 bits per heavy atom. The Morgan fingerprint density at radius 2 is 2.26 bits per heavy atom. The molecule has 0 spiro atoms. The summed E-state index contributed by atoms with van der Waals surface area (Å²) in [7, 11) is 0. The third-order valence-corrected chi connectivity index (χ3v) is 3.84. The minimum Gasteiger partial charge on any atom is -0.335 e. The van der Waals surface area contributed by atoms with E-state index in [0.29, 0.717) is 13.1 Å². The molecule has 0 saturated heterocycles. The monoisotopic (exact) mass is 275 g/mol. The summed E-state index contributed by atoms with van der Waals surface area (Å²) < 4.78 is 0. The molecule has 0 saturated carbocycles. The number of carbonyl (C=O) groups excluding carboxylic acids is 1. The molecule has 1 amide bonds. The van der Waals surface area contributed by atoms with E-state index in [1.807, 2.05) is 42.6 Å². The van der Waals surface area contributed by atoms with Gasteiger partial charge >= 0.3 is 0 Å². The number of nitrogens with two attached hydrogens (primary N) is 1. The van der Waals surface area contributed by atoms with E-state index in [0.717, 1.165) is 10.6 Å². The number of amides is 1. The number of likely N-dealkylation sites (N-methyl/N-ethyl adjacent to an activating group) is 1. The van der Waals surface area contributed by atoms with Crippen LogP contribution < -0.4 is 5.73 Å². The van der Waals surface area contributed by atoms with Crippen molar-refractivity contribution in [3.8, 4) is 0 Å². The molecule has 5 heteroatoms. The van der Waals surface area contributed by atoms with Crippen LogP contribution in [0.25, 0.3) is 0 Å². The molecule has 0 aromatic carbocycles. The fraction of sp³-hybridized carbons (Fsp3) is 0.286. The largest absolute Gasteiger partial charge is 0.335 e. The lowest BCUT2D eigenvalue weighted by atomic mass is 10.2. The molecule has 2 N–H and O–H groups in total. The zero-order valence-electron chi connectivity index (χ0n) is 10.8. The second-order valence-electron chi connectivity index (χ2n) is 4.17. The Labute approximate surface area is 116 Å². The van der Waals surface area contributed by atoms with Crippen LogP contribution in [-0.4, -0.2) is 22.3 Å². The second kappa shape index (κ2) is 6.45. The van der Waals surface area contributed by atoms with Gasteiger partial charge in [-0.25, -0.2) is 0 Å². The minimum absolute atomic E-state index is 0.0596. The minimum atomic E-state index is -0.580. The Morgan fingerprint density at radius 3 is 2.84 bits per heavy atom. The van der Waals surface area contributed by atoms with Crippen molar-refractivity contribution in [2.45, 2.75) is 19.5 Å². The lowest BCUT2D eigenvalue weighted by molar-refractivity contribution is -0.133. The van der Waals surface area contributed by atoms with Crippen molar-refractivity contribution in [3.63, 3.8) is 0 Å². The summed E-state index contributed by atoms with van der Waals surface area (Å²) in [6, 6.07) is 8.90. The van der Waals surface area contributed by atoms with Gasteiger partial charge in [-0.3, -0.25) is 9.78 Å². The molecular weight excluding hydrogens is 258 g/mol. The zero-order valence-corrected chi connectivity index (χ0v) is 11.6. The number of pyridine rings is 1. The molecule has 0 bridgehead atoms. The molecule has 4 nitrogen and oxygen atoms in total. The van der Waals surface area contributed by atoms with Crippen LogP contribution in [0.3, 0.4) is 0 Å². The number of carbonyl (C=O) groups is 1. The third kappa shape index (κ3) is 3.39. The van der Waals surface area contributed by atoms with Crippen molar-refractivity contribution in [1.29, 1.82) is 0 Å². The average Bonchev–Trinajstić information content (AvgIpc) is 2.98. The third-order valence-electron chi connectivity index (χ3n) is 2.89. The predicted molar refractivity (Wildman–Crippen MR) is 76.6 cm³/mol. The van der Waals surface area contributed by atoms with Crippen molar-refractivity contribution in [2.24, 2.45) is 5.73 Å². The predicted octanol–water partition coefficient (Wildman–Crippen LogP) is 2.19. The average molecular weight is 275 g/mol. The maximum Gasteiger partial charge on any atom is 0.245 e. The summed E-state index contributed by atoms with van der Waals surface area (Å²) in [5.74, 6) is -0.0596. The molecule has 0 aliphatic heterocycles. The molecule has 100 valence electrons. The van der Waals surface area contributed by atoms with Crippen LogP contribution in [0.4, 0.5) is 0 Å². The molecule has 1 unspecified atom stereocenters. The first-order valence-electron chi connectivity index (χ1n) is 6.20. The van der Waals surface area contributed by atoms with E-state index in [-0.39, 0.29) is 5.91 Å². The number of thiophene rings is 1. The van der Waals surface area contributed by atoms with E-state index >= 15 is 0 Å². The van der Waals surface area contributed by atoms with E-state index in [2.05, 4.69) is 4.98 Å². The summed E-state index contributed by atoms with van der Waals surface area (Å²) in [4.78, 5) is 19.2. The van der Waals surface area contributed by atoms with E-state index in [1.165, 1.54) is 11.3 Å².